The zero-order chi connectivity index (χ0) is 59.9. The minimum Gasteiger partial charge on any atom is -0.399 e. The molecule has 450 valence electrons. The number of hydrogen-bond acceptors (Lipinski definition) is 25. The van der Waals surface area contributed by atoms with Crippen LogP contribution in [-0.4, -0.2) is 173 Å². The first-order valence-corrected chi connectivity index (χ1v) is 29.6. The van der Waals surface area contributed by atoms with Gasteiger partial charge in [0, 0.05) is 118 Å². The number of hydrogen-bond donors (Lipinski definition) is 3. The maximum atomic E-state index is 6.17. The first-order valence-electron chi connectivity index (χ1n) is 28.4. The van der Waals surface area contributed by atoms with Crippen molar-refractivity contribution in [2.75, 3.05) is 88.0 Å². The van der Waals surface area contributed by atoms with E-state index in [1.54, 1.807) is 31.2 Å². The lowest BCUT2D eigenvalue weighted by Gasteiger charge is -2.28. The topological polar surface area (TPSA) is 345 Å². The predicted molar refractivity (Wildman–Crippen MR) is 322 cm³/mol. The molecule has 9 aromatic heterocycles. The van der Waals surface area contributed by atoms with Crippen LogP contribution < -0.4 is 27.6 Å². The van der Waals surface area contributed by atoms with Gasteiger partial charge in [-0.15, -0.1) is 0 Å². The average molecular weight is 1230 g/mol. The van der Waals surface area contributed by atoms with E-state index in [2.05, 4.69) is 92.7 Å². The minimum atomic E-state index is -0.357. The molecule has 5 saturated heterocycles. The molecule has 1 aliphatic carbocycles. The van der Waals surface area contributed by atoms with Crippen LogP contribution in [0.1, 0.15) is 94.0 Å². The molecule has 0 bridgehead atoms. The molecule has 2 atom stereocenters. The molecule has 5 aliphatic heterocycles. The molecule has 6 aliphatic rings. The maximum absolute atomic E-state index is 6.17. The van der Waals surface area contributed by atoms with Gasteiger partial charge < -0.3 is 64.1 Å². The highest BCUT2D eigenvalue weighted by molar-refractivity contribution is 6.62. The van der Waals surface area contributed by atoms with Crippen molar-refractivity contribution in [3.8, 4) is 22.5 Å². The van der Waals surface area contributed by atoms with Crippen LogP contribution in [0, 0.1) is 20.8 Å². The van der Waals surface area contributed by atoms with Gasteiger partial charge in [-0.3, -0.25) is 0 Å². The molecule has 28 nitrogen and oxygen atoms in total. The van der Waals surface area contributed by atoms with E-state index in [1.165, 1.54) is 0 Å². The quantitative estimate of drug-likeness (QED) is 0.0927. The summed E-state index contributed by atoms with van der Waals surface area (Å²) in [4.78, 5) is 67.1. The standard InChI is InChI=1S/C19H24N8O2.C15H16ClN7O.C10H14BN3O2.C10H10Cl2N4O/c1-12-14(10-21-18(20)23-12)15-16-17(25-19(24-15)26-4-8-29-9-5-26)27(11-22-16)13-2-6-28-7-3-13;1-8-10(6-18-15(17)20-8)11-12-13(22-14(16)21-11)23(7-19-12)9-2-4-24-5-3-9;1-6-7(4-13-8(12)14-6)11-15-9(2)5-10(9,3)16-11;11-8-7-9(15-10(12)14-8)16(5-13-7)6-1-3-17-4-2-6/h10-11,13H,2-9H2,1H3,(H2,20,21,23);6-7,9H,2-5H2,1H3,(H2,17,18,20);4H,5H2,1-3H3,(H2,12,13,14);5-6H,1-4H2. The van der Waals surface area contributed by atoms with Gasteiger partial charge in [0.1, 0.15) is 27.9 Å². The summed E-state index contributed by atoms with van der Waals surface area (Å²) in [7, 11) is -0.357. The molecule has 15 rings (SSSR count). The summed E-state index contributed by atoms with van der Waals surface area (Å²) in [5, 5.41) is 0.615. The molecule has 32 heteroatoms. The van der Waals surface area contributed by atoms with Crippen LogP contribution in [0.3, 0.4) is 0 Å². The highest BCUT2D eigenvalue weighted by atomic mass is 35.5. The number of nitrogens with zero attached hydrogens (tertiary/aromatic N) is 19. The summed E-state index contributed by atoms with van der Waals surface area (Å²) in [6.45, 7) is 17.1. The monoisotopic (exact) mass is 1230 g/mol. The largest absolute Gasteiger partial charge is 0.498 e. The highest BCUT2D eigenvalue weighted by Gasteiger charge is 2.71. The van der Waals surface area contributed by atoms with Crippen molar-refractivity contribution >= 4 is 105 Å². The van der Waals surface area contributed by atoms with Crippen LogP contribution >= 0.6 is 34.8 Å². The number of ether oxygens (including phenoxy) is 4. The molecule has 14 heterocycles. The molecule has 9 aromatic rings. The third-order valence-electron chi connectivity index (χ3n) is 16.4. The lowest BCUT2D eigenvalue weighted by atomic mass is 9.79. The Morgan fingerprint density at radius 3 is 1.36 bits per heavy atom. The fourth-order valence-electron chi connectivity index (χ4n) is 11.3. The molecule has 86 heavy (non-hydrogen) atoms. The van der Waals surface area contributed by atoms with Crippen LogP contribution in [0.5, 0.6) is 0 Å². The number of nitrogens with two attached hydrogens (primary N) is 3. The third kappa shape index (κ3) is 12.2. The summed E-state index contributed by atoms with van der Waals surface area (Å²) >= 11 is 18.0. The second-order valence-electron chi connectivity index (χ2n) is 22.0. The lowest BCUT2D eigenvalue weighted by molar-refractivity contribution is 0.0703. The van der Waals surface area contributed by atoms with E-state index in [0.29, 0.717) is 70.5 Å². The number of morpholine rings is 1. The molecule has 1 saturated carbocycles. The molecule has 6 fully saturated rings. The van der Waals surface area contributed by atoms with Crippen molar-refractivity contribution < 1.29 is 28.3 Å². The van der Waals surface area contributed by atoms with Crippen molar-refractivity contribution in [3.05, 3.63) is 70.4 Å². The first kappa shape index (κ1) is 59.1. The summed E-state index contributed by atoms with van der Waals surface area (Å²) < 4.78 is 39.8. The Hall–Kier alpha value is -7.22. The zero-order valence-corrected chi connectivity index (χ0v) is 50.4. The van der Waals surface area contributed by atoms with Crippen molar-refractivity contribution in [2.24, 2.45) is 0 Å². The van der Waals surface area contributed by atoms with Gasteiger partial charge in [-0.05, 0) is 96.3 Å². The van der Waals surface area contributed by atoms with Gasteiger partial charge >= 0.3 is 7.12 Å². The Morgan fingerprint density at radius 2 is 0.884 bits per heavy atom. The van der Waals surface area contributed by atoms with Gasteiger partial charge in [-0.2, -0.15) is 15.0 Å². The molecule has 2 unspecified atom stereocenters. The number of halogens is 3. The van der Waals surface area contributed by atoms with E-state index < -0.39 is 0 Å². The minimum absolute atomic E-state index is 0.147. The SMILES string of the molecule is Cc1nc(N)ncc1-c1nc(Cl)nc2c1ncn2C1CCOCC1.Cc1nc(N)ncc1-c1nc(N2CCOCC2)nc2c1ncn2C1CCOCC1.Cc1nc(N)ncc1B1OC2(C)CC2(C)O1.Clc1nc(Cl)c2ncn(C3CCOCC3)c2n1. The maximum Gasteiger partial charge on any atom is 0.498 e. The van der Waals surface area contributed by atoms with E-state index in [9.17, 15) is 0 Å². The van der Waals surface area contributed by atoms with Crippen LogP contribution in [0.15, 0.2) is 37.6 Å². The van der Waals surface area contributed by atoms with Gasteiger partial charge in [0.2, 0.25) is 34.4 Å². The number of fused-ring (bicyclic) bond motifs is 4. The lowest BCUT2D eigenvalue weighted by Crippen LogP contribution is -2.38. The van der Waals surface area contributed by atoms with Crippen molar-refractivity contribution in [1.29, 1.82) is 0 Å². The van der Waals surface area contributed by atoms with Gasteiger partial charge in [0.15, 0.2) is 22.1 Å². The van der Waals surface area contributed by atoms with Gasteiger partial charge in [0.05, 0.1) is 54.8 Å². The third-order valence-corrected chi connectivity index (χ3v) is 17.0. The average Bonchev–Trinajstić information content (AvgIpc) is 1.55. The Kier molecular flexibility index (Phi) is 17.1. The molecule has 0 amide bonds. The zero-order valence-electron chi connectivity index (χ0n) is 48.1. The number of aryl methyl sites for hydroxylation is 3. The predicted octanol–water partition coefficient (Wildman–Crippen LogP) is 6.06. The highest BCUT2D eigenvalue weighted by Crippen LogP contribution is 2.58. The summed E-state index contributed by atoms with van der Waals surface area (Å²) in [5.74, 6) is 1.43. The molecule has 6 N–H and O–H groups in total. The van der Waals surface area contributed by atoms with Crippen LogP contribution in [-0.2, 0) is 28.3 Å². The van der Waals surface area contributed by atoms with Crippen molar-refractivity contribution in [2.45, 2.75) is 109 Å². The fraction of sp³-hybridized carbons (Fsp3) is 0.500. The van der Waals surface area contributed by atoms with E-state index >= 15 is 0 Å². The number of nitrogen functional groups attached to an aromatic ring is 3. The first-order chi connectivity index (χ1) is 41.5. The smallest absolute Gasteiger partial charge is 0.399 e. The normalized spacial score (nSPS) is 20.9. The van der Waals surface area contributed by atoms with Gasteiger partial charge in [0.25, 0.3) is 0 Å². The molecular formula is C54H64BCl3N22O6. The molecule has 0 aromatic carbocycles. The molecular weight excluding hydrogens is 1170 g/mol. The van der Waals surface area contributed by atoms with E-state index in [4.69, 9.17) is 90.2 Å². The van der Waals surface area contributed by atoms with Crippen LogP contribution in [0.2, 0.25) is 15.7 Å². The number of imidazole rings is 3. The Bertz CT molecular complexity index is 3910. The van der Waals surface area contributed by atoms with Gasteiger partial charge in [-0.1, -0.05) is 11.6 Å². The van der Waals surface area contributed by atoms with E-state index in [1.807, 2.05) is 31.7 Å². The van der Waals surface area contributed by atoms with Gasteiger partial charge in [-0.25, -0.2) is 59.8 Å². The van der Waals surface area contributed by atoms with Crippen LogP contribution in [0.25, 0.3) is 56.0 Å². The van der Waals surface area contributed by atoms with Crippen LogP contribution in [0.4, 0.5) is 23.8 Å². The summed E-state index contributed by atoms with van der Waals surface area (Å²) in [6, 6.07) is 0.958. The number of anilines is 4. The fourth-order valence-corrected chi connectivity index (χ4v) is 11.9. The molecule has 0 radical (unpaired) electrons. The molecule has 0 spiro atoms. The second kappa shape index (κ2) is 24.9. The van der Waals surface area contributed by atoms with Crippen molar-refractivity contribution in [3.63, 3.8) is 0 Å². The Balaban J connectivity index is 0.000000115. The number of rotatable bonds is 7. The summed E-state index contributed by atoms with van der Waals surface area (Å²) in [6.07, 6.45) is 17.0. The second-order valence-corrected chi connectivity index (χ2v) is 23.1. The van der Waals surface area contributed by atoms with E-state index in [0.717, 1.165) is 148 Å². The summed E-state index contributed by atoms with van der Waals surface area (Å²) in [5.41, 5.74) is 27.0. The Labute approximate surface area is 508 Å². The van der Waals surface area contributed by atoms with Crippen molar-refractivity contribution in [1.82, 2.24) is 88.5 Å². The Morgan fingerprint density at radius 1 is 0.477 bits per heavy atom. The number of aromatic nitrogens is 18. The van der Waals surface area contributed by atoms with E-state index in [-0.39, 0.29) is 46.7 Å².